The zero-order valence-corrected chi connectivity index (χ0v) is 12.0. The second kappa shape index (κ2) is 5.20. The first-order valence-corrected chi connectivity index (χ1v) is 7.61. The summed E-state index contributed by atoms with van der Waals surface area (Å²) in [5, 5.41) is 13.7. The molecule has 0 aliphatic heterocycles. The van der Waals surface area contributed by atoms with Crippen molar-refractivity contribution in [1.82, 2.24) is 9.55 Å². The van der Waals surface area contributed by atoms with Crippen LogP contribution >= 0.6 is 0 Å². The van der Waals surface area contributed by atoms with Crippen molar-refractivity contribution in [3.05, 3.63) is 22.7 Å². The lowest BCUT2D eigenvalue weighted by Crippen LogP contribution is -2.42. The molecule has 2 aliphatic carbocycles. The van der Waals surface area contributed by atoms with Crippen molar-refractivity contribution in [3.8, 4) is 0 Å². The number of nitrogens with zero attached hydrogens (tertiary/aromatic N) is 2. The van der Waals surface area contributed by atoms with Gasteiger partial charge < -0.3 is 15.0 Å². The van der Waals surface area contributed by atoms with Crippen molar-refractivity contribution in [2.24, 2.45) is 5.92 Å². The molecule has 0 spiro atoms. The molecule has 2 atom stereocenters. The summed E-state index contributed by atoms with van der Waals surface area (Å²) < 4.78 is 1.75. The van der Waals surface area contributed by atoms with Gasteiger partial charge in [-0.25, -0.2) is 4.98 Å². The number of aliphatic hydroxyl groups is 1. The highest BCUT2D eigenvalue weighted by atomic mass is 16.3. The minimum Gasteiger partial charge on any atom is -0.388 e. The van der Waals surface area contributed by atoms with E-state index in [2.05, 4.69) is 17.2 Å². The van der Waals surface area contributed by atoms with Crippen molar-refractivity contribution in [2.45, 2.75) is 57.1 Å². The van der Waals surface area contributed by atoms with E-state index in [0.29, 0.717) is 24.3 Å². The summed E-state index contributed by atoms with van der Waals surface area (Å²) in [6.07, 6.45) is 9.39. The molecule has 1 aromatic rings. The molecular weight excluding hydrogens is 254 g/mol. The molecule has 0 saturated heterocycles. The Morgan fingerprint density at radius 2 is 2.30 bits per heavy atom. The number of nitrogens with one attached hydrogen (secondary N) is 1. The molecule has 2 N–H and O–H groups in total. The van der Waals surface area contributed by atoms with Gasteiger partial charge >= 0.3 is 0 Å². The Morgan fingerprint density at radius 3 is 3.00 bits per heavy atom. The predicted molar refractivity (Wildman–Crippen MR) is 77.8 cm³/mol. The molecule has 2 fully saturated rings. The zero-order chi connectivity index (χ0) is 14.2. The van der Waals surface area contributed by atoms with E-state index in [1.54, 1.807) is 17.0 Å². The summed E-state index contributed by atoms with van der Waals surface area (Å²) in [5.41, 5.74) is -0.770. The van der Waals surface area contributed by atoms with Gasteiger partial charge in [-0.2, -0.15) is 0 Å². The van der Waals surface area contributed by atoms with Crippen LogP contribution in [0.25, 0.3) is 0 Å². The highest BCUT2D eigenvalue weighted by Crippen LogP contribution is 2.34. The Kier molecular flexibility index (Phi) is 3.54. The quantitative estimate of drug-likeness (QED) is 0.882. The van der Waals surface area contributed by atoms with Crippen molar-refractivity contribution in [3.63, 3.8) is 0 Å². The Hall–Kier alpha value is -1.36. The molecule has 0 bridgehead atoms. The highest BCUT2D eigenvalue weighted by Gasteiger charge is 2.33. The SMILES string of the molecule is CC1CCCC(O)(CNc2nccn(C3CC3)c2=O)C1. The van der Waals surface area contributed by atoms with Crippen LogP contribution in [0.1, 0.15) is 51.5 Å². The van der Waals surface area contributed by atoms with Crippen molar-refractivity contribution in [1.29, 1.82) is 0 Å². The van der Waals surface area contributed by atoms with Gasteiger partial charge in [-0.3, -0.25) is 4.79 Å². The van der Waals surface area contributed by atoms with Crippen LogP contribution in [0.5, 0.6) is 0 Å². The minimum atomic E-state index is -0.702. The summed E-state index contributed by atoms with van der Waals surface area (Å²) in [4.78, 5) is 16.4. The second-order valence-corrected chi connectivity index (χ2v) is 6.50. The molecule has 1 heterocycles. The number of hydrogen-bond acceptors (Lipinski definition) is 4. The lowest BCUT2D eigenvalue weighted by Gasteiger charge is -2.35. The van der Waals surface area contributed by atoms with Crippen LogP contribution in [0.3, 0.4) is 0 Å². The lowest BCUT2D eigenvalue weighted by molar-refractivity contribution is -0.000853. The maximum atomic E-state index is 12.2. The van der Waals surface area contributed by atoms with Crippen LogP contribution in [-0.2, 0) is 0 Å². The van der Waals surface area contributed by atoms with Gasteiger partial charge in [-0.1, -0.05) is 19.8 Å². The van der Waals surface area contributed by atoms with Gasteiger partial charge in [0.2, 0.25) is 0 Å². The van der Waals surface area contributed by atoms with E-state index in [9.17, 15) is 9.90 Å². The molecule has 2 saturated carbocycles. The fourth-order valence-corrected chi connectivity index (χ4v) is 3.23. The summed E-state index contributed by atoms with van der Waals surface area (Å²) in [7, 11) is 0. The molecule has 2 unspecified atom stereocenters. The first-order chi connectivity index (χ1) is 9.57. The fourth-order valence-electron chi connectivity index (χ4n) is 3.23. The maximum absolute atomic E-state index is 12.2. The topological polar surface area (TPSA) is 67.2 Å². The van der Waals surface area contributed by atoms with Crippen LogP contribution in [0.4, 0.5) is 5.82 Å². The number of anilines is 1. The monoisotopic (exact) mass is 277 g/mol. The number of hydrogen-bond donors (Lipinski definition) is 2. The van der Waals surface area contributed by atoms with E-state index >= 15 is 0 Å². The normalized spacial score (nSPS) is 30.2. The Morgan fingerprint density at radius 1 is 1.50 bits per heavy atom. The molecule has 1 aromatic heterocycles. The van der Waals surface area contributed by atoms with Gasteiger partial charge in [0.15, 0.2) is 5.82 Å². The standard InChI is InChI=1S/C15H23N3O2/c1-11-3-2-6-15(20,9-11)10-17-13-14(19)18(8-7-16-13)12-4-5-12/h7-8,11-12,20H,2-6,9-10H2,1H3,(H,16,17). The lowest BCUT2D eigenvalue weighted by atomic mass is 9.79. The van der Waals surface area contributed by atoms with Crippen LogP contribution in [0, 0.1) is 5.92 Å². The molecule has 0 aromatic carbocycles. The van der Waals surface area contributed by atoms with Crippen LogP contribution < -0.4 is 10.9 Å². The van der Waals surface area contributed by atoms with E-state index in [-0.39, 0.29) is 5.56 Å². The third-order valence-corrected chi connectivity index (χ3v) is 4.46. The van der Waals surface area contributed by atoms with Gasteiger partial charge in [0.1, 0.15) is 0 Å². The molecule has 0 amide bonds. The molecule has 20 heavy (non-hydrogen) atoms. The summed E-state index contributed by atoms with van der Waals surface area (Å²) >= 11 is 0. The molecule has 2 aliphatic rings. The van der Waals surface area contributed by atoms with E-state index in [4.69, 9.17) is 0 Å². The van der Waals surface area contributed by atoms with Gasteiger partial charge in [-0.05, 0) is 31.6 Å². The van der Waals surface area contributed by atoms with Crippen molar-refractivity contribution >= 4 is 5.82 Å². The molecule has 0 radical (unpaired) electrons. The third-order valence-electron chi connectivity index (χ3n) is 4.46. The first kappa shape index (κ1) is 13.6. The van der Waals surface area contributed by atoms with Crippen LogP contribution in [-0.4, -0.2) is 26.8 Å². The molecule has 3 rings (SSSR count). The number of aromatic nitrogens is 2. The van der Waals surface area contributed by atoms with Gasteiger partial charge in [-0.15, -0.1) is 0 Å². The minimum absolute atomic E-state index is 0.0672. The van der Waals surface area contributed by atoms with E-state index in [0.717, 1.165) is 32.1 Å². The van der Waals surface area contributed by atoms with Crippen LogP contribution in [0.15, 0.2) is 17.2 Å². The summed E-state index contributed by atoms with van der Waals surface area (Å²) in [6, 6.07) is 0.351. The molecular formula is C15H23N3O2. The zero-order valence-electron chi connectivity index (χ0n) is 12.0. The first-order valence-electron chi connectivity index (χ1n) is 7.61. The van der Waals surface area contributed by atoms with Gasteiger partial charge in [0.25, 0.3) is 5.56 Å². The van der Waals surface area contributed by atoms with Gasteiger partial charge in [0, 0.05) is 25.0 Å². The molecule has 110 valence electrons. The average Bonchev–Trinajstić information content (AvgIpc) is 3.22. The van der Waals surface area contributed by atoms with E-state index in [1.807, 2.05) is 0 Å². The Balaban J connectivity index is 1.69. The molecule has 5 heteroatoms. The van der Waals surface area contributed by atoms with Crippen molar-refractivity contribution in [2.75, 3.05) is 11.9 Å². The molecule has 5 nitrogen and oxygen atoms in total. The Bertz CT molecular complexity index is 538. The third kappa shape index (κ3) is 2.87. The average molecular weight is 277 g/mol. The predicted octanol–water partition coefficient (Wildman–Crippen LogP) is 1.93. The van der Waals surface area contributed by atoms with Crippen LogP contribution in [0.2, 0.25) is 0 Å². The van der Waals surface area contributed by atoms with E-state index < -0.39 is 5.60 Å². The largest absolute Gasteiger partial charge is 0.388 e. The number of rotatable bonds is 4. The van der Waals surface area contributed by atoms with Crippen molar-refractivity contribution < 1.29 is 5.11 Å². The highest BCUT2D eigenvalue weighted by molar-refractivity contribution is 5.32. The fraction of sp³-hybridized carbons (Fsp3) is 0.733. The second-order valence-electron chi connectivity index (χ2n) is 6.50. The maximum Gasteiger partial charge on any atom is 0.293 e. The Labute approximate surface area is 119 Å². The summed E-state index contributed by atoms with van der Waals surface area (Å²) in [5.74, 6) is 0.911. The van der Waals surface area contributed by atoms with E-state index in [1.165, 1.54) is 6.42 Å². The van der Waals surface area contributed by atoms with Gasteiger partial charge in [0.05, 0.1) is 5.60 Å². The summed E-state index contributed by atoms with van der Waals surface area (Å²) in [6.45, 7) is 2.58. The smallest absolute Gasteiger partial charge is 0.293 e.